The molecule has 0 spiro atoms. The Balaban J connectivity index is 1.13. The zero-order valence-electron chi connectivity index (χ0n) is 17.2. The monoisotopic (exact) mass is 444 g/mol. The Bertz CT molecular complexity index is 1030. The summed E-state index contributed by atoms with van der Waals surface area (Å²) in [4.78, 5) is 13.0. The Morgan fingerprint density at radius 1 is 1.10 bits per heavy atom. The number of halogens is 1. The predicted octanol–water partition coefficient (Wildman–Crippen LogP) is 1.45. The summed E-state index contributed by atoms with van der Waals surface area (Å²) in [5.41, 5.74) is 7.98. The molecule has 3 aromatic rings. The molecule has 0 saturated carbocycles. The third-order valence-electron chi connectivity index (χ3n) is 5.73. The second kappa shape index (κ2) is 8.81. The van der Waals surface area contributed by atoms with Gasteiger partial charge in [-0.05, 0) is 24.3 Å². The van der Waals surface area contributed by atoms with E-state index in [0.29, 0.717) is 24.3 Å². The summed E-state index contributed by atoms with van der Waals surface area (Å²) in [7, 11) is 0. The Morgan fingerprint density at radius 3 is 2.65 bits per heavy atom. The van der Waals surface area contributed by atoms with E-state index in [1.165, 1.54) is 5.69 Å². The highest BCUT2D eigenvalue weighted by Gasteiger charge is 2.20. The van der Waals surface area contributed by atoms with E-state index < -0.39 is 0 Å². The van der Waals surface area contributed by atoms with Crippen LogP contribution in [-0.4, -0.2) is 81.9 Å². The standard InChI is InChI=1S/C20H25ClN8O2/c21-18-17-19(24-20(22)23-18)29(26-25-17)11-8-27-6-9-28(10-7-27)14-1-3-15(4-2-14)31-16-5-12-30-13-16/h1-4,16H,5-13H2,(H2,22,23,24)/t16-/m1/s1. The molecule has 2 aliphatic rings. The number of hydrogen-bond acceptors (Lipinski definition) is 9. The van der Waals surface area contributed by atoms with Gasteiger partial charge in [0.05, 0.1) is 19.8 Å². The molecule has 0 aliphatic carbocycles. The maximum Gasteiger partial charge on any atom is 0.223 e. The van der Waals surface area contributed by atoms with Gasteiger partial charge < -0.3 is 20.1 Å². The van der Waals surface area contributed by atoms with Crippen LogP contribution in [0.15, 0.2) is 24.3 Å². The second-order valence-corrected chi connectivity index (χ2v) is 8.14. The van der Waals surface area contributed by atoms with E-state index in [1.807, 2.05) is 0 Å². The van der Waals surface area contributed by atoms with Crippen LogP contribution in [0, 0.1) is 0 Å². The van der Waals surface area contributed by atoms with Crippen LogP contribution in [0.4, 0.5) is 11.6 Å². The number of rotatable bonds is 6. The fraction of sp³-hybridized carbons (Fsp3) is 0.500. The first kappa shape index (κ1) is 20.2. The van der Waals surface area contributed by atoms with E-state index in [4.69, 9.17) is 26.8 Å². The van der Waals surface area contributed by atoms with Crippen LogP contribution in [0.1, 0.15) is 6.42 Å². The first-order chi connectivity index (χ1) is 15.2. The SMILES string of the molecule is Nc1nc(Cl)c2nnn(CCN3CCN(c4ccc(O[C@@H]5CCOC5)cc4)CC3)c2n1. The van der Waals surface area contributed by atoms with Crippen molar-refractivity contribution in [2.24, 2.45) is 0 Å². The number of benzene rings is 1. The van der Waals surface area contributed by atoms with Gasteiger partial charge in [0.25, 0.3) is 0 Å². The van der Waals surface area contributed by atoms with Crippen LogP contribution < -0.4 is 15.4 Å². The first-order valence-electron chi connectivity index (χ1n) is 10.5. The zero-order valence-corrected chi connectivity index (χ0v) is 17.9. The number of nitrogens with zero attached hydrogens (tertiary/aromatic N) is 7. The molecule has 2 fully saturated rings. The van der Waals surface area contributed by atoms with Gasteiger partial charge in [-0.1, -0.05) is 16.8 Å². The van der Waals surface area contributed by atoms with Gasteiger partial charge in [0.1, 0.15) is 11.9 Å². The van der Waals surface area contributed by atoms with Crippen molar-refractivity contribution in [2.75, 3.05) is 56.6 Å². The maximum absolute atomic E-state index is 6.07. The minimum absolute atomic E-state index is 0.127. The summed E-state index contributed by atoms with van der Waals surface area (Å²) in [5, 5.41) is 8.46. The number of nitrogens with two attached hydrogens (primary N) is 1. The first-order valence-corrected chi connectivity index (χ1v) is 10.9. The molecule has 164 valence electrons. The molecule has 31 heavy (non-hydrogen) atoms. The van der Waals surface area contributed by atoms with Crippen LogP contribution >= 0.6 is 11.6 Å². The lowest BCUT2D eigenvalue weighted by molar-refractivity contribution is 0.141. The molecule has 2 aliphatic heterocycles. The molecule has 0 bridgehead atoms. The normalized spacial score (nSPS) is 19.9. The molecule has 2 saturated heterocycles. The number of aromatic nitrogens is 5. The number of hydrogen-bond donors (Lipinski definition) is 1. The highest BCUT2D eigenvalue weighted by Crippen LogP contribution is 2.23. The van der Waals surface area contributed by atoms with Gasteiger partial charge in [-0.2, -0.15) is 9.97 Å². The lowest BCUT2D eigenvalue weighted by Gasteiger charge is -2.36. The Morgan fingerprint density at radius 2 is 1.90 bits per heavy atom. The number of nitrogen functional groups attached to an aromatic ring is 1. The molecule has 1 aromatic carbocycles. The van der Waals surface area contributed by atoms with E-state index in [-0.39, 0.29) is 17.2 Å². The third kappa shape index (κ3) is 4.51. The van der Waals surface area contributed by atoms with Crippen molar-refractivity contribution in [3.8, 4) is 5.75 Å². The highest BCUT2D eigenvalue weighted by atomic mass is 35.5. The summed E-state index contributed by atoms with van der Waals surface area (Å²) in [6, 6.07) is 8.37. The molecule has 11 heteroatoms. The Kier molecular flexibility index (Phi) is 5.75. The number of anilines is 2. The van der Waals surface area contributed by atoms with Crippen LogP contribution in [0.25, 0.3) is 11.2 Å². The van der Waals surface area contributed by atoms with Crippen LogP contribution in [0.2, 0.25) is 5.15 Å². The molecule has 1 atom stereocenters. The lowest BCUT2D eigenvalue weighted by Crippen LogP contribution is -2.47. The summed E-state index contributed by atoms with van der Waals surface area (Å²) < 4.78 is 13.1. The summed E-state index contributed by atoms with van der Waals surface area (Å²) >= 11 is 6.07. The smallest absolute Gasteiger partial charge is 0.223 e. The van der Waals surface area contributed by atoms with Gasteiger partial charge in [0.2, 0.25) is 5.95 Å². The molecule has 0 radical (unpaired) electrons. The molecule has 10 nitrogen and oxygen atoms in total. The highest BCUT2D eigenvalue weighted by molar-refractivity contribution is 6.33. The van der Waals surface area contributed by atoms with E-state index in [0.717, 1.165) is 51.5 Å². The van der Waals surface area contributed by atoms with Crippen LogP contribution in [0.3, 0.4) is 0 Å². The van der Waals surface area contributed by atoms with Crippen molar-refractivity contribution >= 4 is 34.4 Å². The Hall–Kier alpha value is -2.69. The number of ether oxygens (including phenoxy) is 2. The van der Waals surface area contributed by atoms with E-state index >= 15 is 0 Å². The molecule has 2 aromatic heterocycles. The summed E-state index contributed by atoms with van der Waals surface area (Å²) in [6.07, 6.45) is 1.14. The molecule has 0 unspecified atom stereocenters. The number of piperazine rings is 1. The van der Waals surface area contributed by atoms with Gasteiger partial charge in [-0.25, -0.2) is 4.68 Å². The fourth-order valence-electron chi connectivity index (χ4n) is 3.99. The summed E-state index contributed by atoms with van der Waals surface area (Å²) in [6.45, 7) is 6.87. The molecule has 5 rings (SSSR count). The van der Waals surface area contributed by atoms with Crippen LogP contribution in [0.5, 0.6) is 5.75 Å². The van der Waals surface area contributed by atoms with E-state index in [9.17, 15) is 0 Å². The summed E-state index contributed by atoms with van der Waals surface area (Å²) in [5.74, 6) is 1.03. The van der Waals surface area contributed by atoms with E-state index in [2.05, 4.69) is 54.3 Å². The minimum Gasteiger partial charge on any atom is -0.488 e. The van der Waals surface area contributed by atoms with Crippen molar-refractivity contribution in [3.63, 3.8) is 0 Å². The molecule has 2 N–H and O–H groups in total. The molecular weight excluding hydrogens is 420 g/mol. The van der Waals surface area contributed by atoms with Gasteiger partial charge in [0, 0.05) is 44.8 Å². The minimum atomic E-state index is 0.127. The Labute approximate surface area is 184 Å². The maximum atomic E-state index is 6.07. The van der Waals surface area contributed by atoms with Gasteiger partial charge in [-0.3, -0.25) is 4.90 Å². The lowest BCUT2D eigenvalue weighted by atomic mass is 10.2. The average Bonchev–Trinajstić information content (AvgIpc) is 3.43. The van der Waals surface area contributed by atoms with Crippen molar-refractivity contribution in [1.29, 1.82) is 0 Å². The van der Waals surface area contributed by atoms with Gasteiger partial charge in [0.15, 0.2) is 16.3 Å². The van der Waals surface area contributed by atoms with E-state index in [1.54, 1.807) is 4.68 Å². The molecule has 4 heterocycles. The zero-order chi connectivity index (χ0) is 21.2. The predicted molar refractivity (Wildman–Crippen MR) is 117 cm³/mol. The molecule has 0 amide bonds. The van der Waals surface area contributed by atoms with Crippen molar-refractivity contribution in [3.05, 3.63) is 29.4 Å². The number of fused-ring (bicyclic) bond motifs is 1. The van der Waals surface area contributed by atoms with Gasteiger partial charge >= 0.3 is 0 Å². The van der Waals surface area contributed by atoms with Gasteiger partial charge in [-0.15, -0.1) is 5.10 Å². The second-order valence-electron chi connectivity index (χ2n) is 7.78. The van der Waals surface area contributed by atoms with Crippen LogP contribution in [-0.2, 0) is 11.3 Å². The molecular formula is C20H25ClN8O2. The van der Waals surface area contributed by atoms with Crippen molar-refractivity contribution < 1.29 is 9.47 Å². The topological polar surface area (TPSA) is 107 Å². The largest absolute Gasteiger partial charge is 0.488 e. The van der Waals surface area contributed by atoms with Crippen molar-refractivity contribution in [1.82, 2.24) is 29.9 Å². The average molecular weight is 445 g/mol. The quantitative estimate of drug-likeness (QED) is 0.565. The fourth-order valence-corrected chi connectivity index (χ4v) is 4.20. The third-order valence-corrected chi connectivity index (χ3v) is 5.99. The van der Waals surface area contributed by atoms with Crippen molar-refractivity contribution in [2.45, 2.75) is 19.1 Å².